The number of hydrogen-bond donors (Lipinski definition) is 1. The van der Waals surface area contributed by atoms with E-state index in [0.29, 0.717) is 22.7 Å². The van der Waals surface area contributed by atoms with Crippen LogP contribution in [0.5, 0.6) is 11.5 Å². The predicted molar refractivity (Wildman–Crippen MR) is 107 cm³/mol. The molecule has 0 aliphatic carbocycles. The Morgan fingerprint density at radius 3 is 2.32 bits per heavy atom. The molecule has 1 heterocycles. The first-order valence-corrected chi connectivity index (χ1v) is 9.15. The van der Waals surface area contributed by atoms with Crippen molar-refractivity contribution in [2.24, 2.45) is 0 Å². The maximum atomic E-state index is 12.6. The molecule has 3 amide bonds. The van der Waals surface area contributed by atoms with Gasteiger partial charge in [-0.3, -0.25) is 19.3 Å². The van der Waals surface area contributed by atoms with Crippen molar-refractivity contribution in [3.8, 4) is 11.5 Å². The molecular formula is C20H18N2O5S. The average Bonchev–Trinajstić information content (AvgIpc) is 2.95. The number of hydrogen-bond acceptors (Lipinski definition) is 6. The summed E-state index contributed by atoms with van der Waals surface area (Å²) in [5.74, 6) is 0.164. The van der Waals surface area contributed by atoms with Crippen molar-refractivity contribution in [3.63, 3.8) is 0 Å². The number of methoxy groups -OCH3 is 2. The van der Waals surface area contributed by atoms with Crippen molar-refractivity contribution < 1.29 is 23.9 Å². The molecule has 144 valence electrons. The SMILES string of the molecule is COc1cc(/C=C2/SC(=O)N(CC(=O)Nc3ccccc3)C2=O)cc(OC)c1. The second-order valence-electron chi connectivity index (χ2n) is 5.83. The molecule has 1 fully saturated rings. The summed E-state index contributed by atoms with van der Waals surface area (Å²) in [6.45, 7) is -0.349. The van der Waals surface area contributed by atoms with E-state index < -0.39 is 17.1 Å². The molecule has 1 saturated heterocycles. The van der Waals surface area contributed by atoms with Gasteiger partial charge in [0.2, 0.25) is 5.91 Å². The van der Waals surface area contributed by atoms with Gasteiger partial charge in [0.05, 0.1) is 19.1 Å². The average molecular weight is 398 g/mol. The van der Waals surface area contributed by atoms with Crippen LogP contribution in [0.2, 0.25) is 0 Å². The first-order chi connectivity index (χ1) is 13.5. The number of nitrogens with one attached hydrogen (secondary N) is 1. The van der Waals surface area contributed by atoms with Crippen LogP contribution in [0.15, 0.2) is 53.4 Å². The highest BCUT2D eigenvalue weighted by Crippen LogP contribution is 2.33. The molecule has 0 aromatic heterocycles. The number of benzene rings is 2. The van der Waals surface area contributed by atoms with Gasteiger partial charge in [-0.1, -0.05) is 18.2 Å². The number of carbonyl (C=O) groups is 3. The molecule has 1 N–H and O–H groups in total. The van der Waals surface area contributed by atoms with Crippen LogP contribution in [0, 0.1) is 0 Å². The van der Waals surface area contributed by atoms with Crippen LogP contribution in [0.25, 0.3) is 6.08 Å². The van der Waals surface area contributed by atoms with E-state index in [1.54, 1.807) is 48.5 Å². The van der Waals surface area contributed by atoms with E-state index in [9.17, 15) is 14.4 Å². The number of rotatable bonds is 6. The molecular weight excluding hydrogens is 380 g/mol. The fraction of sp³-hybridized carbons (Fsp3) is 0.150. The van der Waals surface area contributed by atoms with E-state index in [2.05, 4.69) is 5.32 Å². The van der Waals surface area contributed by atoms with Crippen molar-refractivity contribution in [2.45, 2.75) is 0 Å². The molecule has 0 radical (unpaired) electrons. The second kappa shape index (κ2) is 8.62. The quantitative estimate of drug-likeness (QED) is 0.751. The Balaban J connectivity index is 1.74. The third-order valence-electron chi connectivity index (χ3n) is 3.90. The number of ether oxygens (including phenoxy) is 2. The molecule has 0 unspecified atom stereocenters. The third kappa shape index (κ3) is 4.52. The van der Waals surface area contributed by atoms with Crippen LogP contribution in [0.1, 0.15) is 5.56 Å². The van der Waals surface area contributed by atoms with E-state index in [1.807, 2.05) is 6.07 Å². The number of para-hydroxylation sites is 1. The molecule has 8 heteroatoms. The van der Waals surface area contributed by atoms with E-state index >= 15 is 0 Å². The summed E-state index contributed by atoms with van der Waals surface area (Å²) >= 11 is 0.789. The van der Waals surface area contributed by atoms with Crippen LogP contribution < -0.4 is 14.8 Å². The van der Waals surface area contributed by atoms with Crippen LogP contribution in [-0.2, 0) is 9.59 Å². The van der Waals surface area contributed by atoms with Crippen LogP contribution in [0.4, 0.5) is 10.5 Å². The van der Waals surface area contributed by atoms with Gasteiger partial charge in [-0.05, 0) is 47.7 Å². The molecule has 1 aliphatic rings. The van der Waals surface area contributed by atoms with Gasteiger partial charge in [0.15, 0.2) is 0 Å². The normalized spacial score (nSPS) is 15.1. The Morgan fingerprint density at radius 1 is 1.07 bits per heavy atom. The van der Waals surface area contributed by atoms with E-state index in [-0.39, 0.29) is 11.4 Å². The lowest BCUT2D eigenvalue weighted by Crippen LogP contribution is -2.36. The summed E-state index contributed by atoms with van der Waals surface area (Å²) in [5.41, 5.74) is 1.24. The maximum absolute atomic E-state index is 12.6. The molecule has 3 rings (SSSR count). The van der Waals surface area contributed by atoms with Gasteiger partial charge in [-0.15, -0.1) is 0 Å². The van der Waals surface area contributed by atoms with Gasteiger partial charge in [-0.2, -0.15) is 0 Å². The Hall–Kier alpha value is -3.26. The number of imide groups is 1. The Morgan fingerprint density at radius 2 is 1.71 bits per heavy atom. The number of thioether (sulfide) groups is 1. The lowest BCUT2D eigenvalue weighted by Gasteiger charge is -2.12. The summed E-state index contributed by atoms with van der Waals surface area (Å²) < 4.78 is 10.4. The lowest BCUT2D eigenvalue weighted by molar-refractivity contribution is -0.127. The van der Waals surface area contributed by atoms with Crippen LogP contribution in [-0.4, -0.2) is 42.7 Å². The highest BCUT2D eigenvalue weighted by atomic mass is 32.2. The summed E-state index contributed by atoms with van der Waals surface area (Å²) in [6, 6.07) is 14.0. The van der Waals surface area contributed by atoms with Gasteiger partial charge in [0, 0.05) is 11.8 Å². The van der Waals surface area contributed by atoms with Crippen molar-refractivity contribution in [2.75, 3.05) is 26.1 Å². The highest BCUT2D eigenvalue weighted by molar-refractivity contribution is 8.18. The third-order valence-corrected chi connectivity index (χ3v) is 4.81. The number of anilines is 1. The Labute approximate surface area is 166 Å². The van der Waals surface area contributed by atoms with Gasteiger partial charge >= 0.3 is 0 Å². The summed E-state index contributed by atoms with van der Waals surface area (Å²) in [5, 5.41) is 2.17. The Kier molecular flexibility index (Phi) is 6.00. The summed E-state index contributed by atoms with van der Waals surface area (Å²) in [6.07, 6.45) is 1.57. The van der Waals surface area contributed by atoms with Gasteiger partial charge in [0.1, 0.15) is 18.0 Å². The lowest BCUT2D eigenvalue weighted by atomic mass is 10.2. The molecule has 0 spiro atoms. The fourth-order valence-electron chi connectivity index (χ4n) is 2.57. The van der Waals surface area contributed by atoms with Gasteiger partial charge < -0.3 is 14.8 Å². The minimum atomic E-state index is -0.514. The first kappa shape index (κ1) is 19.5. The number of amides is 3. The molecule has 2 aromatic carbocycles. The zero-order valence-corrected chi connectivity index (χ0v) is 16.1. The van der Waals surface area contributed by atoms with Gasteiger partial charge in [-0.25, -0.2) is 0 Å². The number of nitrogens with zero attached hydrogens (tertiary/aromatic N) is 1. The monoisotopic (exact) mass is 398 g/mol. The summed E-state index contributed by atoms with van der Waals surface area (Å²) in [7, 11) is 3.05. The molecule has 0 atom stereocenters. The smallest absolute Gasteiger partial charge is 0.294 e. The topological polar surface area (TPSA) is 84.9 Å². The minimum Gasteiger partial charge on any atom is -0.497 e. The predicted octanol–water partition coefficient (Wildman–Crippen LogP) is 3.38. The highest BCUT2D eigenvalue weighted by Gasteiger charge is 2.36. The second-order valence-corrected chi connectivity index (χ2v) is 6.82. The van der Waals surface area contributed by atoms with E-state index in [4.69, 9.17) is 9.47 Å². The molecule has 28 heavy (non-hydrogen) atoms. The van der Waals surface area contributed by atoms with Crippen molar-refractivity contribution in [1.82, 2.24) is 4.90 Å². The fourth-order valence-corrected chi connectivity index (χ4v) is 3.40. The molecule has 0 bridgehead atoms. The Bertz CT molecular complexity index is 921. The van der Waals surface area contributed by atoms with Gasteiger partial charge in [0.25, 0.3) is 11.1 Å². The van der Waals surface area contributed by atoms with Crippen LogP contribution in [0.3, 0.4) is 0 Å². The van der Waals surface area contributed by atoms with Crippen molar-refractivity contribution >= 4 is 40.6 Å². The first-order valence-electron chi connectivity index (χ1n) is 8.33. The minimum absolute atomic E-state index is 0.229. The number of carbonyl (C=O) groups excluding carboxylic acids is 3. The standard InChI is InChI=1S/C20H18N2O5S/c1-26-15-8-13(9-16(11-15)27-2)10-17-19(24)22(20(25)28-17)12-18(23)21-14-6-4-3-5-7-14/h3-11H,12H2,1-2H3,(H,21,23)/b17-10+. The summed E-state index contributed by atoms with van der Waals surface area (Å²) in [4.78, 5) is 38.1. The van der Waals surface area contributed by atoms with Crippen molar-refractivity contribution in [1.29, 1.82) is 0 Å². The van der Waals surface area contributed by atoms with E-state index in [0.717, 1.165) is 16.7 Å². The molecule has 7 nitrogen and oxygen atoms in total. The molecule has 2 aromatic rings. The maximum Gasteiger partial charge on any atom is 0.294 e. The zero-order chi connectivity index (χ0) is 20.1. The largest absolute Gasteiger partial charge is 0.497 e. The molecule has 0 saturated carbocycles. The van der Waals surface area contributed by atoms with Crippen molar-refractivity contribution in [3.05, 3.63) is 59.0 Å². The molecule has 1 aliphatic heterocycles. The zero-order valence-electron chi connectivity index (χ0n) is 15.3. The van der Waals surface area contributed by atoms with E-state index in [1.165, 1.54) is 14.2 Å². The van der Waals surface area contributed by atoms with Crippen LogP contribution >= 0.6 is 11.8 Å².